The molecular formula is C28H32N2O5. The Bertz CT molecular complexity index is 1100. The second-order valence-corrected chi connectivity index (χ2v) is 10.5. The van der Waals surface area contributed by atoms with Crippen molar-refractivity contribution in [2.24, 2.45) is 23.7 Å². The fourth-order valence-corrected chi connectivity index (χ4v) is 6.43. The molecule has 1 saturated heterocycles. The van der Waals surface area contributed by atoms with E-state index in [1.807, 2.05) is 53.4 Å². The van der Waals surface area contributed by atoms with Crippen molar-refractivity contribution in [2.75, 3.05) is 26.4 Å². The minimum atomic E-state index is -1.48. The Morgan fingerprint density at radius 3 is 2.46 bits per heavy atom. The summed E-state index contributed by atoms with van der Waals surface area (Å²) in [6.07, 6.45) is 4.19. The number of hydrogen-bond acceptors (Lipinski definition) is 5. The van der Waals surface area contributed by atoms with Gasteiger partial charge in [0.05, 0.1) is 6.42 Å². The first kappa shape index (κ1) is 22.4. The molecule has 2 aliphatic carbocycles. The van der Waals surface area contributed by atoms with Crippen LogP contribution in [0.25, 0.3) is 0 Å². The van der Waals surface area contributed by atoms with Crippen LogP contribution in [0.3, 0.4) is 0 Å². The molecule has 2 N–H and O–H groups in total. The maximum absolute atomic E-state index is 13.3. The molecule has 4 aliphatic rings. The number of hydrogen-bond donors (Lipinski definition) is 2. The molecule has 2 aromatic carbocycles. The van der Waals surface area contributed by atoms with Crippen LogP contribution in [-0.4, -0.2) is 48.2 Å². The van der Waals surface area contributed by atoms with Crippen LogP contribution in [-0.2, 0) is 21.6 Å². The summed E-state index contributed by atoms with van der Waals surface area (Å²) in [6.45, 7) is 2.25. The third-order valence-electron chi connectivity index (χ3n) is 8.52. The van der Waals surface area contributed by atoms with E-state index in [0.29, 0.717) is 42.0 Å². The highest BCUT2D eigenvalue weighted by atomic mass is 16.7. The summed E-state index contributed by atoms with van der Waals surface area (Å²) in [4.78, 5) is 28.1. The molecule has 0 bridgehead atoms. The van der Waals surface area contributed by atoms with Crippen LogP contribution >= 0.6 is 0 Å². The lowest BCUT2D eigenvalue weighted by molar-refractivity contribution is -0.147. The topological polar surface area (TPSA) is 88.1 Å². The molecule has 2 saturated carbocycles. The quantitative estimate of drug-likeness (QED) is 0.642. The van der Waals surface area contributed by atoms with Gasteiger partial charge in [-0.1, -0.05) is 49.2 Å². The smallest absolute Gasteiger partial charge is 0.256 e. The maximum Gasteiger partial charge on any atom is 0.256 e. The van der Waals surface area contributed by atoms with Crippen molar-refractivity contribution in [2.45, 2.75) is 37.7 Å². The normalized spacial score (nSPS) is 26.3. The van der Waals surface area contributed by atoms with Crippen LogP contribution in [0.5, 0.6) is 11.5 Å². The molecule has 0 aromatic heterocycles. The molecule has 2 aromatic rings. The number of nitrogens with one attached hydrogen (secondary N) is 1. The van der Waals surface area contributed by atoms with Crippen LogP contribution in [0.1, 0.15) is 36.8 Å². The van der Waals surface area contributed by atoms with E-state index in [-0.39, 0.29) is 24.5 Å². The van der Waals surface area contributed by atoms with Crippen LogP contribution in [0.4, 0.5) is 0 Å². The number of likely N-dealkylation sites (tertiary alicyclic amines) is 1. The van der Waals surface area contributed by atoms with Gasteiger partial charge in [0.15, 0.2) is 17.1 Å². The molecule has 35 heavy (non-hydrogen) atoms. The summed E-state index contributed by atoms with van der Waals surface area (Å²) < 4.78 is 10.8. The minimum Gasteiger partial charge on any atom is -0.454 e. The van der Waals surface area contributed by atoms with Crippen molar-refractivity contribution in [3.8, 4) is 11.5 Å². The zero-order valence-corrected chi connectivity index (χ0v) is 19.8. The van der Waals surface area contributed by atoms with Gasteiger partial charge in [0, 0.05) is 25.6 Å². The fourth-order valence-electron chi connectivity index (χ4n) is 6.43. The van der Waals surface area contributed by atoms with Gasteiger partial charge in [-0.05, 0) is 53.9 Å². The number of nitrogens with zero attached hydrogens (tertiary/aromatic N) is 1. The molecule has 3 fully saturated rings. The molecule has 2 heterocycles. The standard InChI is InChI=1S/C28H32N2O5/c31-26(13-18-10-11-24-25(12-18)35-17-34-24)30-15-22-21(23(22)16-30)14-29-27(32)28(33,20-8-4-5-9-20)19-6-2-1-3-7-19/h1-3,6-7,10-12,20-23,33H,4-5,8-9,13-17H2,(H,29,32). The Hall–Kier alpha value is -3.06. The van der Waals surface area contributed by atoms with E-state index in [1.165, 1.54) is 0 Å². The Balaban J connectivity index is 1.03. The number of amides is 2. The fraction of sp³-hybridized carbons (Fsp3) is 0.500. The number of rotatable bonds is 7. The highest BCUT2D eigenvalue weighted by Crippen LogP contribution is 2.51. The predicted octanol–water partition coefficient (Wildman–Crippen LogP) is 2.86. The van der Waals surface area contributed by atoms with E-state index < -0.39 is 5.60 Å². The number of carbonyl (C=O) groups is 2. The van der Waals surface area contributed by atoms with Crippen LogP contribution < -0.4 is 14.8 Å². The Labute approximate surface area is 205 Å². The highest BCUT2D eigenvalue weighted by Gasteiger charge is 2.57. The molecule has 3 atom stereocenters. The monoisotopic (exact) mass is 476 g/mol. The summed E-state index contributed by atoms with van der Waals surface area (Å²) in [5, 5.41) is 14.7. The highest BCUT2D eigenvalue weighted by molar-refractivity contribution is 5.87. The first-order chi connectivity index (χ1) is 17.0. The Morgan fingerprint density at radius 1 is 1.00 bits per heavy atom. The van der Waals surface area contributed by atoms with Crippen molar-refractivity contribution in [1.29, 1.82) is 0 Å². The lowest BCUT2D eigenvalue weighted by Crippen LogP contribution is -2.49. The van der Waals surface area contributed by atoms with Gasteiger partial charge >= 0.3 is 0 Å². The molecule has 2 aliphatic heterocycles. The summed E-state index contributed by atoms with van der Waals surface area (Å²) in [5.74, 6) is 2.43. The largest absolute Gasteiger partial charge is 0.454 e. The average molecular weight is 477 g/mol. The van der Waals surface area contributed by atoms with Gasteiger partial charge in [0.25, 0.3) is 5.91 Å². The van der Waals surface area contributed by atoms with Crippen molar-refractivity contribution in [3.05, 3.63) is 59.7 Å². The zero-order chi connectivity index (χ0) is 24.0. The number of benzene rings is 2. The molecular weight excluding hydrogens is 444 g/mol. The van der Waals surface area contributed by atoms with Crippen LogP contribution in [0.15, 0.2) is 48.5 Å². The van der Waals surface area contributed by atoms with E-state index in [1.54, 1.807) is 0 Å². The minimum absolute atomic E-state index is 0.0482. The zero-order valence-electron chi connectivity index (χ0n) is 19.8. The van der Waals surface area contributed by atoms with Gasteiger partial charge in [0.2, 0.25) is 12.7 Å². The molecule has 6 rings (SSSR count). The SMILES string of the molecule is O=C(Cc1ccc2c(c1)OCO2)N1CC2C(CNC(=O)C(O)(c3ccccc3)C3CCCC3)C2C1. The molecule has 2 amide bonds. The lowest BCUT2D eigenvalue weighted by atomic mass is 9.79. The van der Waals surface area contributed by atoms with Gasteiger partial charge in [0.1, 0.15) is 0 Å². The predicted molar refractivity (Wildman–Crippen MR) is 129 cm³/mol. The number of carbonyl (C=O) groups excluding carboxylic acids is 2. The molecule has 3 unspecified atom stereocenters. The summed E-state index contributed by atoms with van der Waals surface area (Å²) >= 11 is 0. The molecule has 7 nitrogen and oxygen atoms in total. The number of aliphatic hydroxyl groups is 1. The van der Waals surface area contributed by atoms with E-state index in [9.17, 15) is 14.7 Å². The van der Waals surface area contributed by atoms with Gasteiger partial charge in [-0.15, -0.1) is 0 Å². The van der Waals surface area contributed by atoms with E-state index in [0.717, 1.165) is 50.1 Å². The summed E-state index contributed by atoms with van der Waals surface area (Å²) in [6, 6.07) is 15.0. The average Bonchev–Trinajstić information content (AvgIpc) is 3.43. The number of ether oxygens (including phenoxy) is 2. The van der Waals surface area contributed by atoms with E-state index in [4.69, 9.17) is 9.47 Å². The van der Waals surface area contributed by atoms with E-state index in [2.05, 4.69) is 5.32 Å². The lowest BCUT2D eigenvalue weighted by Gasteiger charge is -2.33. The Morgan fingerprint density at radius 2 is 1.71 bits per heavy atom. The second kappa shape index (κ2) is 8.86. The molecule has 0 radical (unpaired) electrons. The molecule has 0 spiro atoms. The van der Waals surface area contributed by atoms with Crippen molar-refractivity contribution >= 4 is 11.8 Å². The van der Waals surface area contributed by atoms with Crippen LogP contribution in [0, 0.1) is 23.7 Å². The molecule has 184 valence electrons. The first-order valence-corrected chi connectivity index (χ1v) is 12.8. The van der Waals surface area contributed by atoms with Crippen molar-refractivity contribution < 1.29 is 24.2 Å². The van der Waals surface area contributed by atoms with Gasteiger partial charge < -0.3 is 24.8 Å². The van der Waals surface area contributed by atoms with Gasteiger partial charge in [-0.2, -0.15) is 0 Å². The van der Waals surface area contributed by atoms with Gasteiger partial charge in [-0.25, -0.2) is 0 Å². The van der Waals surface area contributed by atoms with Crippen molar-refractivity contribution in [1.82, 2.24) is 10.2 Å². The van der Waals surface area contributed by atoms with E-state index >= 15 is 0 Å². The first-order valence-electron chi connectivity index (χ1n) is 12.8. The van der Waals surface area contributed by atoms with Crippen LogP contribution in [0.2, 0.25) is 0 Å². The van der Waals surface area contributed by atoms with Gasteiger partial charge in [-0.3, -0.25) is 9.59 Å². The summed E-state index contributed by atoms with van der Waals surface area (Å²) in [7, 11) is 0. The number of fused-ring (bicyclic) bond motifs is 2. The third kappa shape index (κ3) is 4.05. The third-order valence-corrected chi connectivity index (χ3v) is 8.52. The van der Waals surface area contributed by atoms with Crippen molar-refractivity contribution in [3.63, 3.8) is 0 Å². The second-order valence-electron chi connectivity index (χ2n) is 10.5. The Kier molecular flexibility index (Phi) is 5.67. The maximum atomic E-state index is 13.3. The summed E-state index contributed by atoms with van der Waals surface area (Å²) in [5.41, 5.74) is 0.130. The number of piperidine rings is 1. The molecule has 7 heteroatoms.